The molecule has 0 fully saturated rings. The van der Waals surface area contributed by atoms with Crippen molar-refractivity contribution < 1.29 is 19.0 Å². The fourth-order valence-corrected chi connectivity index (χ4v) is 3.39. The number of halogens is 2. The van der Waals surface area contributed by atoms with Crippen LogP contribution in [0.4, 0.5) is 10.1 Å². The van der Waals surface area contributed by atoms with Crippen molar-refractivity contribution in [1.29, 1.82) is 5.26 Å². The van der Waals surface area contributed by atoms with E-state index in [9.17, 15) is 19.6 Å². The normalized spacial score (nSPS) is 24.0. The summed E-state index contributed by atoms with van der Waals surface area (Å²) in [4.78, 5) is 13.5. The van der Waals surface area contributed by atoms with Gasteiger partial charge in [0.1, 0.15) is 5.82 Å². The Labute approximate surface area is 148 Å². The first-order chi connectivity index (χ1) is 11.3. The molecule has 0 saturated carbocycles. The van der Waals surface area contributed by atoms with Gasteiger partial charge in [-0.3, -0.25) is 4.79 Å². The minimum absolute atomic E-state index is 0.0767. The summed E-state index contributed by atoms with van der Waals surface area (Å²) in [5.74, 6) is -1.55. The third-order valence-corrected chi connectivity index (χ3v) is 5.00. The van der Waals surface area contributed by atoms with Crippen LogP contribution in [0, 0.1) is 22.6 Å². The molecule has 7 heteroatoms. The molecule has 2 rings (SSSR count). The molecule has 128 valence electrons. The van der Waals surface area contributed by atoms with Gasteiger partial charge in [-0.2, -0.15) is 5.26 Å². The van der Waals surface area contributed by atoms with Crippen LogP contribution in [0.2, 0.25) is 0 Å². The van der Waals surface area contributed by atoms with Crippen LogP contribution in [0.3, 0.4) is 0 Å². The Bertz CT molecular complexity index is 744. The predicted octanol–water partition coefficient (Wildman–Crippen LogP) is 3.70. The van der Waals surface area contributed by atoms with Crippen LogP contribution in [0.1, 0.15) is 20.3 Å². The van der Waals surface area contributed by atoms with Gasteiger partial charge in [-0.05, 0) is 32.0 Å². The minimum atomic E-state index is -1.28. The number of carboxylic acids is 1. The van der Waals surface area contributed by atoms with Crippen molar-refractivity contribution in [2.75, 3.05) is 18.6 Å². The van der Waals surface area contributed by atoms with Crippen molar-refractivity contribution in [3.63, 3.8) is 0 Å². The van der Waals surface area contributed by atoms with E-state index in [2.05, 4.69) is 22.0 Å². The molecule has 0 aromatic heterocycles. The molecule has 1 heterocycles. The molecule has 0 radical (unpaired) electrons. The van der Waals surface area contributed by atoms with E-state index in [1.54, 1.807) is 30.9 Å². The lowest BCUT2D eigenvalue weighted by Gasteiger charge is -2.46. The summed E-state index contributed by atoms with van der Waals surface area (Å²) >= 11 is 3.21. The Morgan fingerprint density at radius 3 is 2.79 bits per heavy atom. The second-order valence-corrected chi connectivity index (χ2v) is 6.93. The van der Waals surface area contributed by atoms with E-state index >= 15 is 0 Å². The molecule has 1 N–H and O–H groups in total. The first-order valence-electron chi connectivity index (χ1n) is 7.32. The Kier molecular flexibility index (Phi) is 5.31. The predicted molar refractivity (Wildman–Crippen MR) is 90.9 cm³/mol. The van der Waals surface area contributed by atoms with Gasteiger partial charge in [0.05, 0.1) is 29.8 Å². The highest BCUT2D eigenvalue weighted by Crippen LogP contribution is 2.44. The van der Waals surface area contributed by atoms with Gasteiger partial charge in [0.2, 0.25) is 0 Å². The highest BCUT2D eigenvalue weighted by molar-refractivity contribution is 9.10. The molecular formula is C17H18BrFN2O3. The lowest BCUT2D eigenvalue weighted by atomic mass is 9.73. The van der Waals surface area contributed by atoms with Crippen molar-refractivity contribution >= 4 is 27.6 Å². The zero-order valence-corrected chi connectivity index (χ0v) is 15.2. The molecule has 5 nitrogen and oxygen atoms in total. The Morgan fingerprint density at radius 2 is 2.29 bits per heavy atom. The number of aliphatic carboxylic acids is 1. The van der Waals surface area contributed by atoms with Gasteiger partial charge < -0.3 is 14.7 Å². The maximum absolute atomic E-state index is 14.5. The topological polar surface area (TPSA) is 73.6 Å². The van der Waals surface area contributed by atoms with Crippen LogP contribution in [0.15, 0.2) is 33.9 Å². The molecule has 0 saturated heterocycles. The van der Waals surface area contributed by atoms with E-state index in [0.717, 1.165) is 0 Å². The highest BCUT2D eigenvalue weighted by Gasteiger charge is 2.49. The largest absolute Gasteiger partial charge is 0.481 e. The fourth-order valence-electron chi connectivity index (χ4n) is 3.06. The van der Waals surface area contributed by atoms with Crippen LogP contribution in [-0.4, -0.2) is 30.8 Å². The first-order valence-corrected chi connectivity index (χ1v) is 8.12. The van der Waals surface area contributed by atoms with E-state index in [1.807, 2.05) is 0 Å². The molecule has 0 bridgehead atoms. The van der Waals surface area contributed by atoms with Gasteiger partial charge in [0, 0.05) is 29.3 Å². The van der Waals surface area contributed by atoms with Crippen molar-refractivity contribution in [2.24, 2.45) is 5.41 Å². The molecule has 0 amide bonds. The van der Waals surface area contributed by atoms with Gasteiger partial charge in [0.15, 0.2) is 0 Å². The number of nitrogens with zero attached hydrogens (tertiary/aromatic N) is 2. The van der Waals surface area contributed by atoms with Crippen molar-refractivity contribution in [3.05, 3.63) is 39.8 Å². The average Bonchev–Trinajstić information content (AvgIpc) is 2.52. The highest BCUT2D eigenvalue weighted by atomic mass is 79.9. The summed E-state index contributed by atoms with van der Waals surface area (Å²) in [6.45, 7) is 3.35. The summed E-state index contributed by atoms with van der Waals surface area (Å²) in [5.41, 5.74) is -0.188. The van der Waals surface area contributed by atoms with E-state index in [1.165, 1.54) is 13.2 Å². The fraction of sp³-hybridized carbons (Fsp3) is 0.412. The second-order valence-electron chi connectivity index (χ2n) is 6.01. The maximum atomic E-state index is 14.5. The molecule has 1 aliphatic heterocycles. The van der Waals surface area contributed by atoms with Crippen molar-refractivity contribution in [1.82, 2.24) is 0 Å². The zero-order valence-electron chi connectivity index (χ0n) is 13.6. The number of hydrogen-bond acceptors (Lipinski definition) is 4. The van der Waals surface area contributed by atoms with Gasteiger partial charge in [0.25, 0.3) is 0 Å². The van der Waals surface area contributed by atoms with E-state index < -0.39 is 23.2 Å². The maximum Gasteiger partial charge on any atom is 0.311 e. The lowest BCUT2D eigenvalue weighted by Crippen LogP contribution is -2.56. The van der Waals surface area contributed by atoms with Gasteiger partial charge >= 0.3 is 5.97 Å². The molecule has 24 heavy (non-hydrogen) atoms. The average molecular weight is 397 g/mol. The van der Waals surface area contributed by atoms with E-state index in [-0.39, 0.29) is 18.7 Å². The molecule has 1 aliphatic rings. The first kappa shape index (κ1) is 18.4. The molecular weight excluding hydrogens is 379 g/mol. The molecule has 0 aliphatic carbocycles. The molecule has 1 aromatic carbocycles. The van der Waals surface area contributed by atoms with E-state index in [0.29, 0.717) is 15.7 Å². The number of methoxy groups -OCH3 is 1. The molecule has 0 spiro atoms. The quantitative estimate of drug-likeness (QED) is 0.839. The molecule has 2 atom stereocenters. The third kappa shape index (κ3) is 3.04. The van der Waals surface area contributed by atoms with Crippen LogP contribution >= 0.6 is 15.9 Å². The Balaban J connectivity index is 2.71. The monoisotopic (exact) mass is 396 g/mol. The number of benzene rings is 1. The molecule has 2 unspecified atom stereocenters. The summed E-state index contributed by atoms with van der Waals surface area (Å²) in [6, 6.07) is 5.96. The summed E-state index contributed by atoms with van der Waals surface area (Å²) in [7, 11) is 1.47. The lowest BCUT2D eigenvalue weighted by molar-refractivity contribution is -0.150. The number of allylic oxidation sites excluding steroid dienone is 2. The summed E-state index contributed by atoms with van der Waals surface area (Å²) in [5, 5.41) is 19.2. The van der Waals surface area contributed by atoms with Crippen LogP contribution in [0.25, 0.3) is 0 Å². The van der Waals surface area contributed by atoms with Crippen LogP contribution in [-0.2, 0) is 9.53 Å². The smallest absolute Gasteiger partial charge is 0.311 e. The van der Waals surface area contributed by atoms with Gasteiger partial charge in [-0.15, -0.1) is 0 Å². The van der Waals surface area contributed by atoms with Crippen molar-refractivity contribution in [2.45, 2.75) is 26.3 Å². The second kappa shape index (κ2) is 6.91. The van der Waals surface area contributed by atoms with E-state index in [4.69, 9.17) is 4.74 Å². The number of hydrogen-bond donors (Lipinski definition) is 1. The SMILES string of the molecule is COCC1N(c2ccc(Br)cc2F)C(C)=C(C#N)CC1(C)C(=O)O. The third-order valence-electron chi connectivity index (χ3n) is 4.51. The number of ether oxygens (including phenoxy) is 1. The Morgan fingerprint density at radius 1 is 1.62 bits per heavy atom. The number of nitriles is 1. The van der Waals surface area contributed by atoms with Crippen LogP contribution in [0.5, 0.6) is 0 Å². The van der Waals surface area contributed by atoms with Gasteiger partial charge in [-0.1, -0.05) is 15.9 Å². The summed E-state index contributed by atoms with van der Waals surface area (Å²) < 4.78 is 20.3. The number of carbonyl (C=O) groups is 1. The standard InChI is InChI=1S/C17H18BrFN2O3/c1-10-11(8-20)7-17(2,16(22)23)15(9-24-3)21(10)14-5-4-12(18)6-13(14)19/h4-6,15H,7,9H2,1-3H3,(H,22,23). The number of anilines is 1. The van der Waals surface area contributed by atoms with Crippen molar-refractivity contribution in [3.8, 4) is 6.07 Å². The minimum Gasteiger partial charge on any atom is -0.481 e. The number of rotatable bonds is 4. The summed E-state index contributed by atoms with van der Waals surface area (Å²) in [6.07, 6.45) is 0.0767. The number of carboxylic acid groups (broad SMARTS) is 1. The van der Waals surface area contributed by atoms with Gasteiger partial charge in [-0.25, -0.2) is 4.39 Å². The Hall–Kier alpha value is -1.91. The zero-order chi connectivity index (χ0) is 18.1. The molecule has 1 aromatic rings. The van der Waals surface area contributed by atoms with Crippen LogP contribution < -0.4 is 4.90 Å².